The molecule has 2 N–H and O–H groups in total. The molecule has 0 bridgehead atoms. The van der Waals surface area contributed by atoms with Crippen LogP contribution in [0.15, 0.2) is 48.5 Å². The van der Waals surface area contributed by atoms with Crippen LogP contribution in [0.5, 0.6) is 5.75 Å². The quantitative estimate of drug-likeness (QED) is 0.711. The van der Waals surface area contributed by atoms with Gasteiger partial charge in [0.1, 0.15) is 5.75 Å². The molecule has 2 atom stereocenters. The van der Waals surface area contributed by atoms with E-state index >= 15 is 0 Å². The Morgan fingerprint density at radius 3 is 2.37 bits per heavy atom. The number of carboxylic acids is 1. The predicted molar refractivity (Wildman–Crippen MR) is 105 cm³/mol. The summed E-state index contributed by atoms with van der Waals surface area (Å²) in [5, 5.41) is 12.3. The fourth-order valence-electron chi connectivity index (χ4n) is 2.95. The molecule has 0 aliphatic heterocycles. The fourth-order valence-corrected chi connectivity index (χ4v) is 2.95. The summed E-state index contributed by atoms with van der Waals surface area (Å²) < 4.78 is 5.28. The molecule has 0 aromatic heterocycles. The van der Waals surface area contributed by atoms with Gasteiger partial charge in [0, 0.05) is 12.5 Å². The molecule has 2 aromatic rings. The lowest BCUT2D eigenvalue weighted by molar-refractivity contribution is -0.141. The lowest BCUT2D eigenvalue weighted by atomic mass is 9.97. The highest BCUT2D eigenvalue weighted by atomic mass is 16.5. The summed E-state index contributed by atoms with van der Waals surface area (Å²) in [6.07, 6.45) is 0.919. The number of carbonyl (C=O) groups excluding carboxylic acids is 1. The zero-order chi connectivity index (χ0) is 19.8. The van der Waals surface area contributed by atoms with Crippen molar-refractivity contribution in [2.45, 2.75) is 26.7 Å². The summed E-state index contributed by atoms with van der Waals surface area (Å²) in [5.74, 6) is -1.36. The van der Waals surface area contributed by atoms with Gasteiger partial charge >= 0.3 is 5.97 Å². The molecule has 5 nitrogen and oxygen atoms in total. The van der Waals surface area contributed by atoms with Crippen LogP contribution in [0.1, 0.15) is 23.6 Å². The molecule has 2 rings (SSSR count). The molecule has 0 aliphatic carbocycles. The van der Waals surface area contributed by atoms with E-state index < -0.39 is 11.9 Å². The number of rotatable bonds is 9. The topological polar surface area (TPSA) is 75.6 Å². The van der Waals surface area contributed by atoms with E-state index in [1.807, 2.05) is 56.3 Å². The maximum atomic E-state index is 12.4. The number of hydrogen-bond donors (Lipinski definition) is 2. The third-order valence-corrected chi connectivity index (χ3v) is 4.64. The Balaban J connectivity index is 1.93. The van der Waals surface area contributed by atoms with E-state index in [0.717, 1.165) is 11.1 Å². The average Bonchev–Trinajstić information content (AvgIpc) is 2.66. The number of aryl methyl sites for hydroxylation is 1. The molecule has 0 radical (unpaired) electrons. The lowest BCUT2D eigenvalue weighted by Crippen LogP contribution is -2.37. The zero-order valence-electron chi connectivity index (χ0n) is 16.1. The van der Waals surface area contributed by atoms with Gasteiger partial charge in [0.05, 0.1) is 13.0 Å². The maximum absolute atomic E-state index is 12.4. The molecule has 27 heavy (non-hydrogen) atoms. The third kappa shape index (κ3) is 6.13. The predicted octanol–water partition coefficient (Wildman–Crippen LogP) is 3.24. The molecule has 5 heteroatoms. The Morgan fingerprint density at radius 1 is 1.07 bits per heavy atom. The highest BCUT2D eigenvalue weighted by molar-refractivity contribution is 5.79. The first kappa shape index (κ1) is 20.5. The molecule has 144 valence electrons. The molecule has 0 saturated heterocycles. The second kappa shape index (κ2) is 9.76. The summed E-state index contributed by atoms with van der Waals surface area (Å²) >= 11 is 0. The molecular weight excluding hydrogens is 342 g/mol. The minimum absolute atomic E-state index is 0.0878. The molecule has 0 fully saturated rings. The smallest absolute Gasteiger partial charge is 0.308 e. The summed E-state index contributed by atoms with van der Waals surface area (Å²) in [7, 11) is 1.56. The molecule has 0 heterocycles. The van der Waals surface area contributed by atoms with E-state index in [-0.39, 0.29) is 18.4 Å². The summed E-state index contributed by atoms with van der Waals surface area (Å²) in [4.78, 5) is 24.0. The van der Waals surface area contributed by atoms with Gasteiger partial charge < -0.3 is 15.2 Å². The van der Waals surface area contributed by atoms with E-state index in [2.05, 4.69) is 5.32 Å². The number of nitrogens with one attached hydrogen (secondary N) is 1. The van der Waals surface area contributed by atoms with Crippen molar-refractivity contribution in [2.24, 2.45) is 11.8 Å². The number of carbonyl (C=O) groups is 2. The van der Waals surface area contributed by atoms with Crippen LogP contribution in [0.2, 0.25) is 0 Å². The number of ether oxygens (including phenoxy) is 1. The van der Waals surface area contributed by atoms with Crippen LogP contribution >= 0.6 is 0 Å². The minimum Gasteiger partial charge on any atom is -0.496 e. The van der Waals surface area contributed by atoms with Crippen LogP contribution in [0.25, 0.3) is 0 Å². The molecule has 0 spiro atoms. The van der Waals surface area contributed by atoms with Crippen molar-refractivity contribution < 1.29 is 19.4 Å². The number of carboxylic acid groups (broad SMARTS) is 1. The molecular formula is C22H27NO4. The number of benzene rings is 2. The van der Waals surface area contributed by atoms with Crippen LogP contribution in [0.4, 0.5) is 0 Å². The Labute approximate surface area is 160 Å². The number of aliphatic carboxylic acids is 1. The van der Waals surface area contributed by atoms with Gasteiger partial charge in [-0.05, 0) is 37.0 Å². The number of para-hydroxylation sites is 1. The maximum Gasteiger partial charge on any atom is 0.308 e. The monoisotopic (exact) mass is 369 g/mol. The largest absolute Gasteiger partial charge is 0.496 e. The number of amides is 1. The van der Waals surface area contributed by atoms with Gasteiger partial charge in [-0.25, -0.2) is 0 Å². The van der Waals surface area contributed by atoms with E-state index in [0.29, 0.717) is 18.6 Å². The molecule has 2 unspecified atom stereocenters. The van der Waals surface area contributed by atoms with E-state index in [9.17, 15) is 14.7 Å². The van der Waals surface area contributed by atoms with Crippen molar-refractivity contribution in [2.75, 3.05) is 13.7 Å². The van der Waals surface area contributed by atoms with Crippen molar-refractivity contribution in [3.8, 4) is 5.75 Å². The van der Waals surface area contributed by atoms with Gasteiger partial charge in [-0.2, -0.15) is 0 Å². The van der Waals surface area contributed by atoms with Gasteiger partial charge in [-0.15, -0.1) is 0 Å². The second-order valence-electron chi connectivity index (χ2n) is 6.89. The first-order valence-electron chi connectivity index (χ1n) is 9.08. The molecule has 0 saturated carbocycles. The third-order valence-electron chi connectivity index (χ3n) is 4.64. The van der Waals surface area contributed by atoms with Crippen LogP contribution < -0.4 is 10.1 Å². The van der Waals surface area contributed by atoms with Gasteiger partial charge in [0.15, 0.2) is 0 Å². The number of hydrogen-bond acceptors (Lipinski definition) is 3. The Kier molecular flexibility index (Phi) is 7.41. The van der Waals surface area contributed by atoms with Crippen LogP contribution in [0.3, 0.4) is 0 Å². The highest BCUT2D eigenvalue weighted by Crippen LogP contribution is 2.21. The van der Waals surface area contributed by atoms with Crippen LogP contribution in [-0.2, 0) is 22.4 Å². The Morgan fingerprint density at radius 2 is 1.74 bits per heavy atom. The molecule has 1 amide bonds. The normalized spacial score (nSPS) is 12.9. The first-order chi connectivity index (χ1) is 12.9. The summed E-state index contributed by atoms with van der Waals surface area (Å²) in [5.41, 5.74) is 3.08. The Hall–Kier alpha value is -2.82. The highest BCUT2D eigenvalue weighted by Gasteiger charge is 2.22. The van der Waals surface area contributed by atoms with Gasteiger partial charge in [0.2, 0.25) is 5.91 Å². The molecule has 0 aliphatic rings. The van der Waals surface area contributed by atoms with E-state index in [1.54, 1.807) is 13.2 Å². The van der Waals surface area contributed by atoms with Gasteiger partial charge in [0.25, 0.3) is 0 Å². The SMILES string of the molecule is COc1ccccc1CC(CNC(=O)C(C)Cc1ccc(C)cc1)C(=O)O. The zero-order valence-corrected chi connectivity index (χ0v) is 16.1. The number of methoxy groups -OCH3 is 1. The average molecular weight is 369 g/mol. The van der Waals surface area contributed by atoms with Gasteiger partial charge in [-0.3, -0.25) is 9.59 Å². The Bertz CT molecular complexity index is 770. The summed E-state index contributed by atoms with van der Waals surface area (Å²) in [6.45, 7) is 3.96. The standard InChI is InChI=1S/C22H27NO4/c1-15-8-10-17(11-9-15)12-16(2)21(24)23-14-19(22(25)26)13-18-6-4-5-7-20(18)27-3/h4-11,16,19H,12-14H2,1-3H3,(H,23,24)(H,25,26). The second-order valence-corrected chi connectivity index (χ2v) is 6.89. The lowest BCUT2D eigenvalue weighted by Gasteiger charge is -2.17. The van der Waals surface area contributed by atoms with Crippen LogP contribution in [0, 0.1) is 18.8 Å². The van der Waals surface area contributed by atoms with Crippen molar-refractivity contribution in [3.05, 3.63) is 65.2 Å². The summed E-state index contributed by atoms with van der Waals surface area (Å²) in [6, 6.07) is 15.4. The van der Waals surface area contributed by atoms with Crippen molar-refractivity contribution in [1.29, 1.82) is 0 Å². The fraction of sp³-hybridized carbons (Fsp3) is 0.364. The van der Waals surface area contributed by atoms with Crippen molar-refractivity contribution in [3.63, 3.8) is 0 Å². The van der Waals surface area contributed by atoms with E-state index in [4.69, 9.17) is 4.74 Å². The van der Waals surface area contributed by atoms with Crippen molar-refractivity contribution >= 4 is 11.9 Å². The van der Waals surface area contributed by atoms with Gasteiger partial charge in [-0.1, -0.05) is 55.0 Å². The first-order valence-corrected chi connectivity index (χ1v) is 9.08. The van der Waals surface area contributed by atoms with E-state index in [1.165, 1.54) is 5.56 Å². The van der Waals surface area contributed by atoms with Crippen LogP contribution in [-0.4, -0.2) is 30.6 Å². The minimum atomic E-state index is -0.938. The molecule has 2 aromatic carbocycles. The van der Waals surface area contributed by atoms with Crippen molar-refractivity contribution in [1.82, 2.24) is 5.32 Å².